The third-order valence-corrected chi connectivity index (χ3v) is 4.51. The van der Waals surface area contributed by atoms with Crippen LogP contribution in [-0.4, -0.2) is 17.6 Å². The van der Waals surface area contributed by atoms with E-state index in [-0.39, 0.29) is 5.97 Å². The zero-order chi connectivity index (χ0) is 14.3. The molecule has 104 valence electrons. The zero-order valence-electron chi connectivity index (χ0n) is 11.5. The van der Waals surface area contributed by atoms with E-state index in [0.717, 1.165) is 21.4 Å². The summed E-state index contributed by atoms with van der Waals surface area (Å²) < 4.78 is 8.02. The molecule has 0 N–H and O–H groups in total. The molecule has 0 amide bonds. The largest absolute Gasteiger partial charge is 0.465 e. The highest BCUT2D eigenvalue weighted by Gasteiger charge is 2.33. The van der Waals surface area contributed by atoms with Gasteiger partial charge in [-0.3, -0.25) is 0 Å². The summed E-state index contributed by atoms with van der Waals surface area (Å²) in [6.45, 7) is 1.99. The molecule has 2 aromatic rings. The van der Waals surface area contributed by atoms with Gasteiger partial charge in [0.2, 0.25) is 0 Å². The first kappa shape index (κ1) is 13.4. The number of hydrogen-bond acceptors (Lipinski definition) is 2. The smallest absolute Gasteiger partial charge is 0.340 e. The molecule has 0 spiro atoms. The molecule has 1 fully saturated rings. The van der Waals surface area contributed by atoms with Gasteiger partial charge in [-0.05, 0) is 41.3 Å². The summed E-state index contributed by atoms with van der Waals surface area (Å²) in [6.07, 6.45) is 2.34. The maximum Gasteiger partial charge on any atom is 0.340 e. The molecule has 1 aliphatic carbocycles. The van der Waals surface area contributed by atoms with Crippen LogP contribution in [0.15, 0.2) is 34.8 Å². The maximum absolute atomic E-state index is 12.0. The fourth-order valence-electron chi connectivity index (χ4n) is 2.66. The van der Waals surface area contributed by atoms with Crippen molar-refractivity contribution in [2.75, 3.05) is 7.11 Å². The monoisotopic (exact) mass is 333 g/mol. The van der Waals surface area contributed by atoms with Crippen molar-refractivity contribution in [3.63, 3.8) is 0 Å². The van der Waals surface area contributed by atoms with Crippen LogP contribution in [-0.2, 0) is 4.74 Å². The predicted molar refractivity (Wildman–Crippen MR) is 81.9 cm³/mol. The summed E-state index contributed by atoms with van der Waals surface area (Å²) in [6, 6.07) is 10.7. The Morgan fingerprint density at radius 3 is 2.50 bits per heavy atom. The first-order chi connectivity index (χ1) is 9.65. The third kappa shape index (κ3) is 2.08. The van der Waals surface area contributed by atoms with E-state index < -0.39 is 0 Å². The van der Waals surface area contributed by atoms with E-state index in [1.54, 1.807) is 0 Å². The van der Waals surface area contributed by atoms with E-state index in [1.165, 1.54) is 20.0 Å². The first-order valence-electron chi connectivity index (χ1n) is 6.69. The molecule has 0 saturated heterocycles. The van der Waals surface area contributed by atoms with Crippen molar-refractivity contribution in [2.45, 2.75) is 25.8 Å². The van der Waals surface area contributed by atoms with Crippen LogP contribution in [0.2, 0.25) is 0 Å². The number of methoxy groups -OCH3 is 1. The van der Waals surface area contributed by atoms with E-state index in [1.807, 2.05) is 25.1 Å². The van der Waals surface area contributed by atoms with Crippen molar-refractivity contribution in [2.24, 2.45) is 0 Å². The summed E-state index contributed by atoms with van der Waals surface area (Å²) in [4.78, 5) is 12.0. The van der Waals surface area contributed by atoms with Gasteiger partial charge in [-0.1, -0.05) is 30.3 Å². The Labute approximate surface area is 126 Å². The number of esters is 1. The summed E-state index contributed by atoms with van der Waals surface area (Å²) in [5.41, 5.74) is 3.80. The van der Waals surface area contributed by atoms with Gasteiger partial charge in [0, 0.05) is 11.7 Å². The van der Waals surface area contributed by atoms with Crippen molar-refractivity contribution >= 4 is 21.9 Å². The average molecular weight is 334 g/mol. The van der Waals surface area contributed by atoms with Crippen LogP contribution in [0.1, 0.15) is 34.9 Å². The molecule has 0 aliphatic heterocycles. The molecule has 1 aromatic heterocycles. The summed E-state index contributed by atoms with van der Waals surface area (Å²) in [7, 11) is 1.42. The Morgan fingerprint density at radius 1 is 1.30 bits per heavy atom. The number of aromatic nitrogens is 1. The van der Waals surface area contributed by atoms with Crippen molar-refractivity contribution in [1.29, 1.82) is 0 Å². The summed E-state index contributed by atoms with van der Waals surface area (Å²) >= 11 is 3.61. The predicted octanol–water partition coefficient (Wildman–Crippen LogP) is 4.35. The molecule has 3 rings (SSSR count). The second-order valence-corrected chi connectivity index (χ2v) is 5.87. The van der Waals surface area contributed by atoms with Gasteiger partial charge in [0.1, 0.15) is 0 Å². The van der Waals surface area contributed by atoms with Gasteiger partial charge < -0.3 is 9.30 Å². The van der Waals surface area contributed by atoms with E-state index in [2.05, 4.69) is 32.6 Å². The third-order valence-electron chi connectivity index (χ3n) is 3.74. The molecule has 1 saturated carbocycles. The highest BCUT2D eigenvalue weighted by atomic mass is 79.9. The average Bonchev–Trinajstić information content (AvgIpc) is 3.25. The van der Waals surface area contributed by atoms with Crippen molar-refractivity contribution in [3.8, 4) is 11.3 Å². The molecule has 20 heavy (non-hydrogen) atoms. The van der Waals surface area contributed by atoms with Crippen LogP contribution in [0.4, 0.5) is 0 Å². The van der Waals surface area contributed by atoms with Gasteiger partial charge >= 0.3 is 5.97 Å². The van der Waals surface area contributed by atoms with Crippen LogP contribution in [0.3, 0.4) is 0 Å². The van der Waals surface area contributed by atoms with Gasteiger partial charge in [-0.25, -0.2) is 4.79 Å². The SMILES string of the molecule is COC(=O)c1c(Br)c(-c2ccccc2)n(C2CC2)c1C. The Balaban J connectivity index is 2.25. The molecule has 1 aliphatic rings. The fourth-order valence-corrected chi connectivity index (χ4v) is 3.53. The lowest BCUT2D eigenvalue weighted by Crippen LogP contribution is -2.05. The number of halogens is 1. The first-order valence-corrected chi connectivity index (χ1v) is 7.48. The molecule has 4 heteroatoms. The van der Waals surface area contributed by atoms with Gasteiger partial charge in [-0.2, -0.15) is 0 Å². The highest BCUT2D eigenvalue weighted by Crippen LogP contribution is 2.45. The number of carbonyl (C=O) groups is 1. The Morgan fingerprint density at radius 2 is 1.95 bits per heavy atom. The van der Waals surface area contributed by atoms with Crippen molar-refractivity contribution < 1.29 is 9.53 Å². The molecule has 1 heterocycles. The lowest BCUT2D eigenvalue weighted by Gasteiger charge is -2.10. The molecular formula is C16H16BrNO2. The van der Waals surface area contributed by atoms with E-state index in [4.69, 9.17) is 4.74 Å². The molecule has 0 atom stereocenters. The van der Waals surface area contributed by atoms with Crippen molar-refractivity contribution in [1.82, 2.24) is 4.57 Å². The van der Waals surface area contributed by atoms with Crippen LogP contribution in [0, 0.1) is 6.92 Å². The standard InChI is InChI=1S/C16H16BrNO2/c1-10-13(16(19)20-2)14(17)15(18(10)12-8-9-12)11-6-4-3-5-7-11/h3-7,12H,8-9H2,1-2H3. The Hall–Kier alpha value is -1.55. The molecule has 0 radical (unpaired) electrons. The van der Waals surface area contributed by atoms with E-state index in [0.29, 0.717) is 11.6 Å². The highest BCUT2D eigenvalue weighted by molar-refractivity contribution is 9.10. The molecule has 1 aromatic carbocycles. The molecule has 0 unspecified atom stereocenters. The normalized spacial score (nSPS) is 14.3. The number of benzene rings is 1. The Kier molecular flexibility index (Phi) is 3.42. The zero-order valence-corrected chi connectivity index (χ0v) is 13.1. The topological polar surface area (TPSA) is 31.2 Å². The number of nitrogens with zero attached hydrogens (tertiary/aromatic N) is 1. The van der Waals surface area contributed by atoms with Crippen molar-refractivity contribution in [3.05, 3.63) is 46.1 Å². The lowest BCUT2D eigenvalue weighted by molar-refractivity contribution is 0.0599. The second-order valence-electron chi connectivity index (χ2n) is 5.08. The van der Waals surface area contributed by atoms with E-state index >= 15 is 0 Å². The minimum atomic E-state index is -0.286. The quantitative estimate of drug-likeness (QED) is 0.782. The van der Waals surface area contributed by atoms with Gasteiger partial charge in [0.15, 0.2) is 0 Å². The number of hydrogen-bond donors (Lipinski definition) is 0. The van der Waals surface area contributed by atoms with Gasteiger partial charge in [-0.15, -0.1) is 0 Å². The molecular weight excluding hydrogens is 318 g/mol. The second kappa shape index (κ2) is 5.09. The fraction of sp³-hybridized carbons (Fsp3) is 0.312. The molecule has 0 bridgehead atoms. The minimum absolute atomic E-state index is 0.286. The summed E-state index contributed by atoms with van der Waals surface area (Å²) in [5, 5.41) is 0. The number of carbonyl (C=O) groups excluding carboxylic acids is 1. The lowest BCUT2D eigenvalue weighted by atomic mass is 10.1. The van der Waals surface area contributed by atoms with Crippen LogP contribution in [0.25, 0.3) is 11.3 Å². The van der Waals surface area contributed by atoms with Crippen LogP contribution >= 0.6 is 15.9 Å². The van der Waals surface area contributed by atoms with Gasteiger partial charge in [0.25, 0.3) is 0 Å². The maximum atomic E-state index is 12.0. The van der Waals surface area contributed by atoms with Crippen LogP contribution in [0.5, 0.6) is 0 Å². The summed E-state index contributed by atoms with van der Waals surface area (Å²) in [5.74, 6) is -0.286. The Bertz CT molecular complexity index is 657. The number of ether oxygens (including phenoxy) is 1. The van der Waals surface area contributed by atoms with Gasteiger partial charge in [0.05, 0.1) is 22.8 Å². The minimum Gasteiger partial charge on any atom is -0.465 e. The number of rotatable bonds is 3. The van der Waals surface area contributed by atoms with E-state index in [9.17, 15) is 4.79 Å². The van der Waals surface area contributed by atoms with Crippen LogP contribution < -0.4 is 0 Å². The molecule has 3 nitrogen and oxygen atoms in total.